The molecule has 8 aromatic carbocycles. The lowest BCUT2D eigenvalue weighted by Crippen LogP contribution is -1.93. The summed E-state index contributed by atoms with van der Waals surface area (Å²) in [6.45, 7) is 0. The van der Waals surface area contributed by atoms with E-state index in [1.54, 1.807) is 0 Å². The van der Waals surface area contributed by atoms with Crippen LogP contribution in [0.4, 0.5) is 0 Å². The number of fused-ring (bicyclic) bond motifs is 9. The molecule has 0 saturated carbocycles. The van der Waals surface area contributed by atoms with Gasteiger partial charge in [-0.25, -0.2) is 0 Å². The number of hydrogen-bond donors (Lipinski definition) is 0. The lowest BCUT2D eigenvalue weighted by Gasteiger charge is -2.13. The van der Waals surface area contributed by atoms with E-state index in [2.05, 4.69) is 179 Å². The van der Waals surface area contributed by atoms with Crippen LogP contribution in [-0.2, 0) is 0 Å². The third kappa shape index (κ3) is 3.41. The number of nitrogens with zero attached hydrogens (tertiary/aromatic N) is 2. The molecule has 3 aromatic heterocycles. The largest absolute Gasteiger partial charge is 0.309 e. The van der Waals surface area contributed by atoms with Gasteiger partial charge in [-0.05, 0) is 69.4 Å². The van der Waals surface area contributed by atoms with Crippen molar-refractivity contribution in [1.82, 2.24) is 8.97 Å². The molecule has 0 radical (unpaired) electrons. The Morgan fingerprint density at radius 3 is 1.90 bits per heavy atom. The molecule has 0 aliphatic rings. The van der Waals surface area contributed by atoms with Crippen LogP contribution in [0.2, 0.25) is 0 Å². The molecule has 222 valence electrons. The molecule has 0 spiro atoms. The third-order valence-electron chi connectivity index (χ3n) is 10.4. The highest BCUT2D eigenvalue weighted by molar-refractivity contribution is 6.29. The van der Waals surface area contributed by atoms with Gasteiger partial charge in [0.15, 0.2) is 0 Å². The van der Waals surface area contributed by atoms with E-state index in [0.717, 1.165) is 5.69 Å². The number of para-hydroxylation sites is 2. The van der Waals surface area contributed by atoms with Crippen molar-refractivity contribution in [1.29, 1.82) is 0 Å². The predicted molar refractivity (Wildman–Crippen MR) is 204 cm³/mol. The normalized spacial score (nSPS) is 12.2. The first-order valence-electron chi connectivity index (χ1n) is 16.6. The van der Waals surface area contributed by atoms with E-state index in [1.165, 1.54) is 92.9 Å². The molecule has 0 bridgehead atoms. The first-order chi connectivity index (χ1) is 23.8. The molecule has 0 saturated heterocycles. The monoisotopic (exact) mass is 608 g/mol. The zero-order valence-corrected chi connectivity index (χ0v) is 26.1. The summed E-state index contributed by atoms with van der Waals surface area (Å²) < 4.78 is 4.94. The van der Waals surface area contributed by atoms with Crippen molar-refractivity contribution in [3.05, 3.63) is 170 Å². The second-order valence-electron chi connectivity index (χ2n) is 12.9. The van der Waals surface area contributed by atoms with Gasteiger partial charge in [0.2, 0.25) is 0 Å². The van der Waals surface area contributed by atoms with Crippen molar-refractivity contribution >= 4 is 70.7 Å². The molecule has 0 N–H and O–H groups in total. The first-order valence-corrected chi connectivity index (χ1v) is 16.6. The van der Waals surface area contributed by atoms with E-state index in [0.29, 0.717) is 0 Å². The summed E-state index contributed by atoms with van der Waals surface area (Å²) in [5.74, 6) is 0. The number of hydrogen-bond acceptors (Lipinski definition) is 0. The van der Waals surface area contributed by atoms with Gasteiger partial charge in [-0.1, -0.05) is 133 Å². The molecule has 11 aromatic rings. The van der Waals surface area contributed by atoms with Gasteiger partial charge < -0.3 is 8.97 Å². The Kier molecular flexibility index (Phi) is 5.14. The van der Waals surface area contributed by atoms with Gasteiger partial charge in [0, 0.05) is 38.0 Å². The first kappa shape index (κ1) is 25.8. The Morgan fingerprint density at radius 2 is 1.00 bits per heavy atom. The summed E-state index contributed by atoms with van der Waals surface area (Å²) in [4.78, 5) is 0. The topological polar surface area (TPSA) is 9.34 Å². The Bertz CT molecular complexity index is 3040. The fourth-order valence-electron chi connectivity index (χ4n) is 8.39. The van der Waals surface area contributed by atoms with Crippen LogP contribution in [0.5, 0.6) is 0 Å². The SMILES string of the molecule is c1ccc(-c2ccc3c4c(-c5ccc6c7ccc8cccc9c%10ccccc%10n(c6c5)c7c89)cccc4n(-c4ccccc4)c3c2)cc1. The van der Waals surface area contributed by atoms with Crippen molar-refractivity contribution in [3.8, 4) is 27.9 Å². The van der Waals surface area contributed by atoms with Crippen LogP contribution in [0.1, 0.15) is 0 Å². The zero-order valence-electron chi connectivity index (χ0n) is 26.1. The number of pyridine rings is 1. The molecule has 2 nitrogen and oxygen atoms in total. The minimum absolute atomic E-state index is 1.16. The fourth-order valence-corrected chi connectivity index (χ4v) is 8.39. The third-order valence-corrected chi connectivity index (χ3v) is 10.4. The van der Waals surface area contributed by atoms with Crippen LogP contribution < -0.4 is 0 Å². The molecule has 0 amide bonds. The van der Waals surface area contributed by atoms with E-state index in [-0.39, 0.29) is 0 Å². The highest BCUT2D eigenvalue weighted by atomic mass is 15.0. The second-order valence-corrected chi connectivity index (χ2v) is 12.9. The average molecular weight is 609 g/mol. The maximum Gasteiger partial charge on any atom is 0.0625 e. The second kappa shape index (κ2) is 9.57. The van der Waals surface area contributed by atoms with Gasteiger partial charge in [0.05, 0.1) is 27.6 Å². The van der Waals surface area contributed by atoms with Crippen LogP contribution >= 0.6 is 0 Å². The van der Waals surface area contributed by atoms with Crippen molar-refractivity contribution in [3.63, 3.8) is 0 Å². The summed E-state index contributed by atoms with van der Waals surface area (Å²) in [6, 6.07) is 62.4. The standard InChI is InChI=1S/C46H28N2/c1-3-11-29(12-4-1)31-22-26-39-43(27-31)47(33-14-5-2-6-15-33)41-20-10-17-34(45(39)41)32-23-24-36-38-25-21-30-13-9-18-37-35-16-7-8-19-40(35)48(42(36)28-32)46(38)44(30)37/h1-28H. The Balaban J connectivity index is 1.25. The molecular formula is C46H28N2. The molecule has 0 aliphatic carbocycles. The summed E-state index contributed by atoms with van der Waals surface area (Å²) in [6.07, 6.45) is 0. The smallest absolute Gasteiger partial charge is 0.0625 e. The molecule has 0 fully saturated rings. The lowest BCUT2D eigenvalue weighted by atomic mass is 9.97. The molecule has 2 heteroatoms. The maximum absolute atomic E-state index is 2.51. The van der Waals surface area contributed by atoms with Crippen LogP contribution in [0, 0.1) is 0 Å². The summed E-state index contributed by atoms with van der Waals surface area (Å²) in [7, 11) is 0. The Morgan fingerprint density at radius 1 is 0.333 bits per heavy atom. The number of aromatic nitrogens is 2. The molecule has 11 rings (SSSR count). The van der Waals surface area contributed by atoms with Crippen molar-refractivity contribution in [2.75, 3.05) is 0 Å². The fraction of sp³-hybridized carbons (Fsp3) is 0. The van der Waals surface area contributed by atoms with Gasteiger partial charge in [-0.15, -0.1) is 0 Å². The predicted octanol–water partition coefficient (Wildman–Crippen LogP) is 12.4. The van der Waals surface area contributed by atoms with E-state index < -0.39 is 0 Å². The van der Waals surface area contributed by atoms with Crippen LogP contribution in [0.15, 0.2) is 170 Å². The van der Waals surface area contributed by atoms with Crippen molar-refractivity contribution < 1.29 is 0 Å². The zero-order chi connectivity index (χ0) is 31.3. The molecule has 0 unspecified atom stereocenters. The summed E-state index contributed by atoms with van der Waals surface area (Å²) in [5.41, 5.74) is 12.3. The molecule has 0 aliphatic heterocycles. The van der Waals surface area contributed by atoms with Gasteiger partial charge >= 0.3 is 0 Å². The molecular weight excluding hydrogens is 581 g/mol. The number of rotatable bonds is 3. The average Bonchev–Trinajstić information content (AvgIpc) is 3.68. The minimum Gasteiger partial charge on any atom is -0.309 e. The highest BCUT2D eigenvalue weighted by Gasteiger charge is 2.20. The van der Waals surface area contributed by atoms with E-state index in [1.807, 2.05) is 0 Å². The highest BCUT2D eigenvalue weighted by Crippen LogP contribution is 2.44. The maximum atomic E-state index is 2.51. The Hall–Kier alpha value is -6.38. The van der Waals surface area contributed by atoms with Gasteiger partial charge in [0.1, 0.15) is 0 Å². The lowest BCUT2D eigenvalue weighted by molar-refractivity contribution is 1.18. The van der Waals surface area contributed by atoms with E-state index >= 15 is 0 Å². The molecule has 3 heterocycles. The van der Waals surface area contributed by atoms with Gasteiger partial charge in [-0.2, -0.15) is 0 Å². The van der Waals surface area contributed by atoms with E-state index in [9.17, 15) is 0 Å². The van der Waals surface area contributed by atoms with Crippen LogP contribution in [-0.4, -0.2) is 8.97 Å². The number of benzene rings is 8. The van der Waals surface area contributed by atoms with Crippen molar-refractivity contribution in [2.24, 2.45) is 0 Å². The summed E-state index contributed by atoms with van der Waals surface area (Å²) in [5, 5.41) is 10.4. The van der Waals surface area contributed by atoms with Gasteiger partial charge in [0.25, 0.3) is 0 Å². The summed E-state index contributed by atoms with van der Waals surface area (Å²) >= 11 is 0. The van der Waals surface area contributed by atoms with Crippen molar-refractivity contribution in [2.45, 2.75) is 0 Å². The molecule has 0 atom stereocenters. The quantitative estimate of drug-likeness (QED) is 0.139. The molecule has 48 heavy (non-hydrogen) atoms. The van der Waals surface area contributed by atoms with E-state index in [4.69, 9.17) is 0 Å². The van der Waals surface area contributed by atoms with Gasteiger partial charge in [-0.3, -0.25) is 0 Å². The van der Waals surface area contributed by atoms with Crippen LogP contribution in [0.3, 0.4) is 0 Å². The Labute approximate surface area is 276 Å². The minimum atomic E-state index is 1.16. The van der Waals surface area contributed by atoms with Crippen LogP contribution in [0.25, 0.3) is 98.6 Å².